The molecule has 0 unspecified atom stereocenters. The normalized spacial score (nSPS) is 11.6. The third kappa shape index (κ3) is 5.28. The fourth-order valence-corrected chi connectivity index (χ4v) is 2.23. The molecule has 0 radical (unpaired) electrons. The van der Waals surface area contributed by atoms with E-state index in [1.54, 1.807) is 10.9 Å². The number of hydrogen-bond donors (Lipinski definition) is 0. The lowest BCUT2D eigenvalue weighted by Gasteiger charge is -2.03. The molecule has 1 aromatic heterocycles. The first-order chi connectivity index (χ1) is 10.8. The molecule has 0 atom stereocenters. The van der Waals surface area contributed by atoms with Gasteiger partial charge >= 0.3 is 0 Å². The van der Waals surface area contributed by atoms with Crippen molar-refractivity contribution in [1.82, 2.24) is 9.78 Å². The maximum absolute atomic E-state index is 11.8. The van der Waals surface area contributed by atoms with Crippen molar-refractivity contribution in [3.63, 3.8) is 0 Å². The van der Waals surface area contributed by atoms with Gasteiger partial charge in [-0.1, -0.05) is 50.8 Å². The highest BCUT2D eigenvalue weighted by Crippen LogP contribution is 2.05. The van der Waals surface area contributed by atoms with Gasteiger partial charge in [-0.15, -0.1) is 0 Å². The summed E-state index contributed by atoms with van der Waals surface area (Å²) in [5.41, 5.74) is 0.983. The minimum atomic E-state index is -0.0595. The zero-order chi connectivity index (χ0) is 15.6. The van der Waals surface area contributed by atoms with Crippen LogP contribution in [0.2, 0.25) is 0 Å². The van der Waals surface area contributed by atoms with Gasteiger partial charge < -0.3 is 0 Å². The number of nitrogens with zero attached hydrogens (tertiary/aromatic N) is 3. The average Bonchev–Trinajstić information content (AvgIpc) is 2.56. The minimum absolute atomic E-state index is 0.0595. The third-order valence-electron chi connectivity index (χ3n) is 3.47. The Morgan fingerprint density at radius 1 is 1.09 bits per heavy atom. The fourth-order valence-electron chi connectivity index (χ4n) is 2.23. The largest absolute Gasteiger partial charge is 0.273 e. The summed E-state index contributed by atoms with van der Waals surface area (Å²) < 4.78 is 1.76. The van der Waals surface area contributed by atoms with Crippen LogP contribution in [-0.2, 0) is 4.79 Å². The summed E-state index contributed by atoms with van der Waals surface area (Å²) in [6, 6.07) is 11.7. The molecule has 4 nitrogen and oxygen atoms in total. The van der Waals surface area contributed by atoms with Crippen LogP contribution in [0.3, 0.4) is 0 Å². The molecule has 22 heavy (non-hydrogen) atoms. The van der Waals surface area contributed by atoms with Crippen LogP contribution < -0.4 is 5.36 Å². The highest BCUT2D eigenvalue weighted by Gasteiger charge is 1.99. The lowest BCUT2D eigenvalue weighted by atomic mass is 10.1. The Morgan fingerprint density at radius 3 is 2.55 bits per heavy atom. The summed E-state index contributed by atoms with van der Waals surface area (Å²) >= 11 is 0. The molecule has 2 aromatic rings. The third-order valence-corrected chi connectivity index (χ3v) is 3.47. The highest BCUT2D eigenvalue weighted by molar-refractivity contribution is 5.76. The van der Waals surface area contributed by atoms with Crippen molar-refractivity contribution < 1.29 is 4.79 Å². The smallest absolute Gasteiger partial charge is 0.246 e. The first-order valence-electron chi connectivity index (χ1n) is 7.97. The van der Waals surface area contributed by atoms with E-state index in [0.717, 1.165) is 18.5 Å². The first kappa shape index (κ1) is 16.1. The van der Waals surface area contributed by atoms with Gasteiger partial charge in [-0.2, -0.15) is 5.10 Å². The number of hydrogen-bond acceptors (Lipinski definition) is 2. The second kappa shape index (κ2) is 8.93. The number of para-hydroxylation sites is 1. The topological polar surface area (TPSA) is 47.2 Å². The quantitative estimate of drug-likeness (QED) is 0.732. The van der Waals surface area contributed by atoms with Gasteiger partial charge in [0.15, 0.2) is 0 Å². The van der Waals surface area contributed by atoms with Crippen molar-refractivity contribution in [2.45, 2.75) is 45.4 Å². The van der Waals surface area contributed by atoms with Crippen molar-refractivity contribution in [2.75, 3.05) is 0 Å². The van der Waals surface area contributed by atoms with Crippen molar-refractivity contribution in [1.29, 1.82) is 0 Å². The standard InChI is InChI=1S/C18H23N3O/c1-2-3-4-5-9-12-18(22)20-16-13-14-21(19-15-16)17-10-7-6-8-11-17/h6-8,10-11,13-15H,2-5,9,12H2,1H3/b20-16+. The molecule has 0 saturated carbocycles. The molecular weight excluding hydrogens is 274 g/mol. The Bertz CT molecular complexity index is 626. The molecule has 116 valence electrons. The van der Waals surface area contributed by atoms with Gasteiger partial charge in [0.05, 0.1) is 17.2 Å². The van der Waals surface area contributed by atoms with E-state index >= 15 is 0 Å². The molecule has 1 aromatic carbocycles. The molecule has 4 heteroatoms. The number of amides is 1. The second-order valence-corrected chi connectivity index (χ2v) is 5.34. The second-order valence-electron chi connectivity index (χ2n) is 5.34. The molecule has 1 amide bonds. The highest BCUT2D eigenvalue weighted by atomic mass is 16.1. The van der Waals surface area contributed by atoms with Gasteiger partial charge in [-0.25, -0.2) is 9.67 Å². The van der Waals surface area contributed by atoms with Gasteiger partial charge in [0.25, 0.3) is 0 Å². The Morgan fingerprint density at radius 2 is 1.86 bits per heavy atom. The molecule has 0 N–H and O–H groups in total. The van der Waals surface area contributed by atoms with Crippen molar-refractivity contribution >= 4 is 5.91 Å². The van der Waals surface area contributed by atoms with Crippen molar-refractivity contribution in [3.8, 4) is 5.69 Å². The van der Waals surface area contributed by atoms with Crippen LogP contribution in [0, 0.1) is 0 Å². The Hall–Kier alpha value is -2.23. The maximum Gasteiger partial charge on any atom is 0.246 e. The number of rotatable bonds is 7. The molecular formula is C18H23N3O. The van der Waals surface area contributed by atoms with Crippen LogP contribution in [-0.4, -0.2) is 15.7 Å². The van der Waals surface area contributed by atoms with Gasteiger partial charge in [-0.3, -0.25) is 4.79 Å². The average molecular weight is 297 g/mol. The number of benzene rings is 1. The predicted molar refractivity (Wildman–Crippen MR) is 87.5 cm³/mol. The van der Waals surface area contributed by atoms with E-state index in [1.165, 1.54) is 19.3 Å². The number of carbonyl (C=O) groups is 1. The van der Waals surface area contributed by atoms with Crippen LogP contribution in [0.15, 0.2) is 53.8 Å². The summed E-state index contributed by atoms with van der Waals surface area (Å²) in [6.45, 7) is 2.19. The van der Waals surface area contributed by atoms with Gasteiger partial charge in [0.1, 0.15) is 0 Å². The first-order valence-corrected chi connectivity index (χ1v) is 7.97. The summed E-state index contributed by atoms with van der Waals surface area (Å²) in [5, 5.41) is 4.91. The van der Waals surface area contributed by atoms with E-state index in [2.05, 4.69) is 17.0 Å². The Labute approximate surface area is 131 Å². The molecule has 1 heterocycles. The number of aromatic nitrogens is 2. The summed E-state index contributed by atoms with van der Waals surface area (Å²) in [6.07, 6.45) is 9.67. The summed E-state index contributed by atoms with van der Waals surface area (Å²) in [7, 11) is 0. The molecule has 0 fully saturated rings. The van der Waals surface area contributed by atoms with E-state index in [1.807, 2.05) is 42.6 Å². The maximum atomic E-state index is 11.8. The van der Waals surface area contributed by atoms with Crippen LogP contribution in [0.25, 0.3) is 5.69 Å². The van der Waals surface area contributed by atoms with Gasteiger partial charge in [-0.05, 0) is 24.6 Å². The van der Waals surface area contributed by atoms with Crippen molar-refractivity contribution in [2.24, 2.45) is 4.99 Å². The van der Waals surface area contributed by atoms with E-state index in [4.69, 9.17) is 0 Å². The van der Waals surface area contributed by atoms with E-state index in [9.17, 15) is 4.79 Å². The van der Waals surface area contributed by atoms with Crippen LogP contribution >= 0.6 is 0 Å². The zero-order valence-electron chi connectivity index (χ0n) is 13.1. The molecule has 0 bridgehead atoms. The molecule has 2 rings (SSSR count). The minimum Gasteiger partial charge on any atom is -0.273 e. The lowest BCUT2D eigenvalue weighted by Crippen LogP contribution is -2.11. The molecule has 0 aliphatic heterocycles. The monoisotopic (exact) mass is 297 g/mol. The number of carbonyl (C=O) groups excluding carboxylic acids is 1. The van der Waals surface area contributed by atoms with Crippen molar-refractivity contribution in [3.05, 3.63) is 54.1 Å². The summed E-state index contributed by atoms with van der Waals surface area (Å²) in [5.74, 6) is -0.0595. The zero-order valence-corrected chi connectivity index (χ0v) is 13.1. The van der Waals surface area contributed by atoms with Crippen LogP contribution in [0.4, 0.5) is 0 Å². The lowest BCUT2D eigenvalue weighted by molar-refractivity contribution is -0.118. The van der Waals surface area contributed by atoms with E-state index < -0.39 is 0 Å². The predicted octanol–water partition coefficient (Wildman–Crippen LogP) is 3.66. The molecule has 0 saturated heterocycles. The van der Waals surface area contributed by atoms with Gasteiger partial charge in [0.2, 0.25) is 5.91 Å². The fraction of sp³-hybridized carbons (Fsp3) is 0.389. The molecule has 0 aliphatic carbocycles. The summed E-state index contributed by atoms with van der Waals surface area (Å²) in [4.78, 5) is 15.9. The Balaban J connectivity index is 1.91. The van der Waals surface area contributed by atoms with Crippen LogP contribution in [0.1, 0.15) is 45.4 Å². The number of unbranched alkanes of at least 4 members (excludes halogenated alkanes) is 4. The SMILES string of the molecule is CCCCCCCC(=O)/N=c1\ccn(-c2ccccc2)nc1. The Kier molecular flexibility index (Phi) is 6.55. The molecule has 0 spiro atoms. The van der Waals surface area contributed by atoms with Gasteiger partial charge in [0, 0.05) is 12.6 Å². The van der Waals surface area contributed by atoms with E-state index in [0.29, 0.717) is 11.8 Å². The van der Waals surface area contributed by atoms with E-state index in [-0.39, 0.29) is 5.91 Å². The molecule has 0 aliphatic rings. The van der Waals surface area contributed by atoms with Crippen LogP contribution in [0.5, 0.6) is 0 Å².